The maximum Gasteiger partial charge on any atom is 0.294 e. The first-order valence-electron chi connectivity index (χ1n) is 9.24. The Morgan fingerprint density at radius 2 is 1.93 bits per heavy atom. The number of ether oxygens (including phenoxy) is 1. The molecule has 0 saturated heterocycles. The summed E-state index contributed by atoms with van der Waals surface area (Å²) in [5.41, 5.74) is 0.261. The first-order valence-corrected chi connectivity index (χ1v) is 9.24. The van der Waals surface area contributed by atoms with Gasteiger partial charge in [-0.2, -0.15) is 0 Å². The predicted molar refractivity (Wildman–Crippen MR) is 105 cm³/mol. The van der Waals surface area contributed by atoms with Crippen LogP contribution in [0.3, 0.4) is 0 Å². The Balaban J connectivity index is 2.37. The number of hydrogen-bond acceptors (Lipinski definition) is 7. The van der Waals surface area contributed by atoms with Crippen LogP contribution in [0.2, 0.25) is 0 Å². The maximum atomic E-state index is 12.1. The highest BCUT2D eigenvalue weighted by Crippen LogP contribution is 2.15. The zero-order valence-corrected chi connectivity index (χ0v) is 16.9. The van der Waals surface area contributed by atoms with Gasteiger partial charge in [0, 0.05) is 24.5 Å². The molecular weight excluding hydrogens is 366 g/mol. The van der Waals surface area contributed by atoms with Crippen molar-refractivity contribution < 1.29 is 24.6 Å². The highest BCUT2D eigenvalue weighted by molar-refractivity contribution is 5.78. The second-order valence-corrected chi connectivity index (χ2v) is 7.79. The molecule has 1 aromatic carbocycles. The molecule has 1 rings (SSSR count). The number of aliphatic hydroxyl groups is 1. The minimum atomic E-state index is -0.840. The van der Waals surface area contributed by atoms with Gasteiger partial charge in [-0.3, -0.25) is 4.79 Å². The average Bonchev–Trinajstić information content (AvgIpc) is 2.63. The Bertz CT molecular complexity index is 619. The highest BCUT2D eigenvalue weighted by Gasteiger charge is 2.21. The van der Waals surface area contributed by atoms with Crippen LogP contribution in [0.25, 0.3) is 0 Å². The standard InChI is InChI=1S/C19H31N3O6/c1-14(2)20-10-16(23)11-27-17-7-5-15(6-8-17)9-18(24)21-12-19(3,4)13-28-22(25)26/h5-8,14,16,20,23H,9-13H2,1-4H3,(H,21,24). The number of aliphatic hydroxyl groups excluding tert-OH is 1. The molecule has 0 aliphatic rings. The van der Waals surface area contributed by atoms with Gasteiger partial charge in [-0.1, -0.05) is 39.8 Å². The van der Waals surface area contributed by atoms with Gasteiger partial charge in [0.05, 0.1) is 6.42 Å². The Morgan fingerprint density at radius 1 is 1.29 bits per heavy atom. The summed E-state index contributed by atoms with van der Waals surface area (Å²) in [4.78, 5) is 26.7. The summed E-state index contributed by atoms with van der Waals surface area (Å²) in [5.74, 6) is 0.434. The van der Waals surface area contributed by atoms with Crippen molar-refractivity contribution >= 4 is 5.91 Å². The second kappa shape index (κ2) is 11.5. The van der Waals surface area contributed by atoms with Crippen LogP contribution in [-0.2, 0) is 16.1 Å². The number of hydrogen-bond donors (Lipinski definition) is 3. The molecule has 0 aliphatic carbocycles. The number of carbonyl (C=O) groups excluding carboxylic acids is 1. The molecule has 0 fully saturated rings. The van der Waals surface area contributed by atoms with Crippen LogP contribution < -0.4 is 15.4 Å². The van der Waals surface area contributed by atoms with Gasteiger partial charge in [0.15, 0.2) is 0 Å². The van der Waals surface area contributed by atoms with Gasteiger partial charge in [-0.15, -0.1) is 10.1 Å². The number of nitrogens with one attached hydrogen (secondary N) is 2. The minimum Gasteiger partial charge on any atom is -0.491 e. The quantitative estimate of drug-likeness (QED) is 0.339. The van der Waals surface area contributed by atoms with E-state index in [0.29, 0.717) is 18.3 Å². The van der Waals surface area contributed by atoms with E-state index in [0.717, 1.165) is 5.56 Å². The molecule has 0 heterocycles. The van der Waals surface area contributed by atoms with Crippen LogP contribution in [0.1, 0.15) is 33.3 Å². The summed E-state index contributed by atoms with van der Waals surface area (Å²) in [6, 6.07) is 7.37. The fourth-order valence-electron chi connectivity index (χ4n) is 2.19. The fourth-order valence-corrected chi connectivity index (χ4v) is 2.19. The lowest BCUT2D eigenvalue weighted by Gasteiger charge is -2.23. The lowest BCUT2D eigenvalue weighted by molar-refractivity contribution is -0.760. The molecule has 1 atom stereocenters. The molecule has 0 bridgehead atoms. The SMILES string of the molecule is CC(C)NCC(O)COc1ccc(CC(=O)NCC(C)(C)CO[N+](=O)[O-])cc1. The Kier molecular flexibility index (Phi) is 9.67. The summed E-state index contributed by atoms with van der Waals surface area (Å²) in [7, 11) is 0. The van der Waals surface area contributed by atoms with E-state index < -0.39 is 16.6 Å². The summed E-state index contributed by atoms with van der Waals surface area (Å²) >= 11 is 0. The van der Waals surface area contributed by atoms with Crippen LogP contribution in [0, 0.1) is 15.5 Å². The van der Waals surface area contributed by atoms with Crippen molar-refractivity contribution in [1.82, 2.24) is 10.6 Å². The molecular formula is C19H31N3O6. The number of carbonyl (C=O) groups is 1. The zero-order valence-electron chi connectivity index (χ0n) is 16.9. The third-order valence-electron chi connectivity index (χ3n) is 3.82. The van der Waals surface area contributed by atoms with Crippen LogP contribution in [0.4, 0.5) is 0 Å². The smallest absolute Gasteiger partial charge is 0.294 e. The van der Waals surface area contributed by atoms with Gasteiger partial charge in [0.1, 0.15) is 25.1 Å². The van der Waals surface area contributed by atoms with Gasteiger partial charge in [-0.25, -0.2) is 0 Å². The molecule has 0 aromatic heterocycles. The molecule has 158 valence electrons. The van der Waals surface area contributed by atoms with Crippen LogP contribution in [0.15, 0.2) is 24.3 Å². The molecule has 1 aromatic rings. The van der Waals surface area contributed by atoms with Gasteiger partial charge in [0.25, 0.3) is 5.09 Å². The minimum absolute atomic E-state index is 0.0924. The Morgan fingerprint density at radius 3 is 2.50 bits per heavy atom. The highest BCUT2D eigenvalue weighted by atomic mass is 16.9. The molecule has 0 spiro atoms. The molecule has 0 saturated carbocycles. The van der Waals surface area contributed by atoms with E-state index in [4.69, 9.17) is 4.74 Å². The predicted octanol–water partition coefficient (Wildman–Crippen LogP) is 1.32. The molecule has 28 heavy (non-hydrogen) atoms. The Labute approximate surface area is 165 Å². The first kappa shape index (κ1) is 23.6. The van der Waals surface area contributed by atoms with Crippen LogP contribution in [-0.4, -0.2) is 54.5 Å². The zero-order chi connectivity index (χ0) is 21.2. The number of amides is 1. The van der Waals surface area contributed by atoms with E-state index in [-0.39, 0.29) is 32.1 Å². The normalized spacial score (nSPS) is 12.5. The second-order valence-electron chi connectivity index (χ2n) is 7.79. The molecule has 0 aliphatic heterocycles. The molecule has 9 heteroatoms. The topological polar surface area (TPSA) is 123 Å². The molecule has 1 unspecified atom stereocenters. The first-order chi connectivity index (χ1) is 13.1. The number of benzene rings is 1. The van der Waals surface area contributed by atoms with Crippen molar-refractivity contribution in [2.75, 3.05) is 26.3 Å². The monoisotopic (exact) mass is 397 g/mol. The van der Waals surface area contributed by atoms with Crippen LogP contribution >= 0.6 is 0 Å². The van der Waals surface area contributed by atoms with Crippen molar-refractivity contribution in [3.63, 3.8) is 0 Å². The molecule has 3 N–H and O–H groups in total. The van der Waals surface area contributed by atoms with Gasteiger partial charge >= 0.3 is 0 Å². The van der Waals surface area contributed by atoms with E-state index in [9.17, 15) is 20.0 Å². The number of nitrogens with zero attached hydrogens (tertiary/aromatic N) is 1. The molecule has 1 amide bonds. The van der Waals surface area contributed by atoms with Gasteiger partial charge in [0.2, 0.25) is 5.91 Å². The third-order valence-corrected chi connectivity index (χ3v) is 3.82. The van der Waals surface area contributed by atoms with E-state index in [1.807, 2.05) is 13.8 Å². The van der Waals surface area contributed by atoms with E-state index in [2.05, 4.69) is 15.5 Å². The fraction of sp³-hybridized carbons (Fsp3) is 0.632. The van der Waals surface area contributed by atoms with Crippen molar-refractivity contribution in [3.8, 4) is 5.75 Å². The van der Waals surface area contributed by atoms with Crippen molar-refractivity contribution in [2.24, 2.45) is 5.41 Å². The lowest BCUT2D eigenvalue weighted by atomic mass is 9.95. The third kappa shape index (κ3) is 10.7. The van der Waals surface area contributed by atoms with E-state index in [1.165, 1.54) is 0 Å². The Hall–Kier alpha value is -2.39. The van der Waals surface area contributed by atoms with E-state index in [1.54, 1.807) is 38.1 Å². The van der Waals surface area contributed by atoms with Gasteiger partial charge < -0.3 is 25.3 Å². The summed E-state index contributed by atoms with van der Waals surface area (Å²) < 4.78 is 5.54. The summed E-state index contributed by atoms with van der Waals surface area (Å²) in [6.45, 7) is 8.36. The lowest BCUT2D eigenvalue weighted by Crippen LogP contribution is -2.37. The maximum absolute atomic E-state index is 12.1. The van der Waals surface area contributed by atoms with Crippen LogP contribution in [0.5, 0.6) is 5.75 Å². The number of rotatable bonds is 13. The van der Waals surface area contributed by atoms with Crippen molar-refractivity contribution in [3.05, 3.63) is 39.9 Å². The largest absolute Gasteiger partial charge is 0.491 e. The summed E-state index contributed by atoms with van der Waals surface area (Å²) in [5, 5.41) is 25.2. The van der Waals surface area contributed by atoms with E-state index >= 15 is 0 Å². The van der Waals surface area contributed by atoms with Crippen molar-refractivity contribution in [1.29, 1.82) is 0 Å². The van der Waals surface area contributed by atoms with Crippen molar-refractivity contribution in [2.45, 2.75) is 46.3 Å². The summed E-state index contributed by atoms with van der Waals surface area (Å²) in [6.07, 6.45) is -0.414. The average molecular weight is 397 g/mol. The molecule has 0 radical (unpaired) electrons. The van der Waals surface area contributed by atoms with Gasteiger partial charge in [-0.05, 0) is 17.7 Å². The molecule has 9 nitrogen and oxygen atoms in total.